The Hall–Kier alpha value is -0.900. The molecule has 0 bridgehead atoms. The predicted octanol–water partition coefficient (Wildman–Crippen LogP) is 1.53. The molecule has 0 aliphatic rings. The normalized spacial score (nSPS) is 13.5. The van der Waals surface area contributed by atoms with Crippen molar-refractivity contribution in [1.29, 1.82) is 0 Å². The average molecular weight is 210 g/mol. The molecule has 1 atom stereocenters. The van der Waals surface area contributed by atoms with Crippen molar-refractivity contribution in [2.45, 2.75) is 47.2 Å². The first-order valence-electron chi connectivity index (χ1n) is 5.66. The van der Waals surface area contributed by atoms with Gasteiger partial charge in [-0.05, 0) is 26.3 Å². The monoisotopic (exact) mass is 210 g/mol. The average Bonchev–Trinajstić information content (AvgIpc) is 2.44. The van der Waals surface area contributed by atoms with E-state index in [1.165, 1.54) is 0 Å². The van der Waals surface area contributed by atoms with Gasteiger partial charge >= 0.3 is 0 Å². The molecule has 0 amide bonds. The summed E-state index contributed by atoms with van der Waals surface area (Å²) in [6.45, 7) is 12.4. The van der Waals surface area contributed by atoms with Gasteiger partial charge in [-0.1, -0.05) is 20.8 Å². The maximum Gasteiger partial charge on any atom is 0.147 e. The van der Waals surface area contributed by atoms with E-state index >= 15 is 0 Å². The molecule has 1 aromatic rings. The quantitative estimate of drug-likeness (QED) is 0.801. The lowest BCUT2D eigenvalue weighted by Gasteiger charge is -2.21. The summed E-state index contributed by atoms with van der Waals surface area (Å²) in [5.74, 6) is 2.46. The van der Waals surface area contributed by atoms with Crippen LogP contribution >= 0.6 is 0 Å². The third kappa shape index (κ3) is 3.30. The van der Waals surface area contributed by atoms with E-state index in [4.69, 9.17) is 0 Å². The lowest BCUT2D eigenvalue weighted by Crippen LogP contribution is -2.38. The molecule has 0 aliphatic heterocycles. The fraction of sp³-hybridized carbons (Fsp3) is 0.818. The molecule has 1 unspecified atom stereocenters. The van der Waals surface area contributed by atoms with Crippen molar-refractivity contribution in [1.82, 2.24) is 20.1 Å². The van der Waals surface area contributed by atoms with Crippen LogP contribution < -0.4 is 5.32 Å². The van der Waals surface area contributed by atoms with Gasteiger partial charge in [0, 0.05) is 6.04 Å². The van der Waals surface area contributed by atoms with Crippen molar-refractivity contribution in [3.63, 3.8) is 0 Å². The lowest BCUT2D eigenvalue weighted by atomic mass is 10.0. The van der Waals surface area contributed by atoms with E-state index in [-0.39, 0.29) is 0 Å². The van der Waals surface area contributed by atoms with E-state index in [9.17, 15) is 0 Å². The van der Waals surface area contributed by atoms with E-state index in [2.05, 4.69) is 36.2 Å². The molecule has 15 heavy (non-hydrogen) atoms. The van der Waals surface area contributed by atoms with E-state index in [1.807, 2.05) is 18.5 Å². The zero-order chi connectivity index (χ0) is 11.4. The van der Waals surface area contributed by atoms with E-state index in [1.54, 1.807) is 0 Å². The molecule has 86 valence electrons. The van der Waals surface area contributed by atoms with Gasteiger partial charge < -0.3 is 5.32 Å². The molecular weight excluding hydrogens is 188 g/mol. The van der Waals surface area contributed by atoms with Crippen molar-refractivity contribution in [2.24, 2.45) is 5.92 Å². The highest BCUT2D eigenvalue weighted by molar-refractivity contribution is 4.88. The number of nitrogens with zero attached hydrogens (tertiary/aromatic N) is 3. The van der Waals surface area contributed by atoms with Crippen LogP contribution in [0, 0.1) is 19.8 Å². The Bertz CT molecular complexity index is 304. The number of aryl methyl sites for hydroxylation is 2. The first-order chi connectivity index (χ1) is 7.04. The summed E-state index contributed by atoms with van der Waals surface area (Å²) < 4.78 is 1.99. The highest BCUT2D eigenvalue weighted by Crippen LogP contribution is 2.06. The van der Waals surface area contributed by atoms with Crippen LogP contribution in [-0.2, 0) is 6.54 Å². The summed E-state index contributed by atoms with van der Waals surface area (Å²) in [6, 6.07) is 0.467. The van der Waals surface area contributed by atoms with Crippen LogP contribution in [0.25, 0.3) is 0 Å². The Labute approximate surface area is 92.1 Å². The maximum absolute atomic E-state index is 4.38. The molecule has 1 aromatic heterocycles. The van der Waals surface area contributed by atoms with Crippen LogP contribution in [0.4, 0.5) is 0 Å². The summed E-state index contributed by atoms with van der Waals surface area (Å²) in [7, 11) is 0. The zero-order valence-electron chi connectivity index (χ0n) is 10.4. The molecule has 0 spiro atoms. The second kappa shape index (κ2) is 5.26. The summed E-state index contributed by atoms with van der Waals surface area (Å²) in [5.41, 5.74) is 0. The molecule has 0 aromatic carbocycles. The molecule has 4 nitrogen and oxygen atoms in total. The Morgan fingerprint density at radius 3 is 2.40 bits per heavy atom. The first kappa shape index (κ1) is 12.2. The van der Waals surface area contributed by atoms with Gasteiger partial charge in [0.1, 0.15) is 11.6 Å². The van der Waals surface area contributed by atoms with Crippen LogP contribution in [0.2, 0.25) is 0 Å². The fourth-order valence-electron chi connectivity index (χ4n) is 1.69. The Morgan fingerprint density at radius 1 is 1.33 bits per heavy atom. The number of hydrogen-bond donors (Lipinski definition) is 1. The van der Waals surface area contributed by atoms with Gasteiger partial charge in [0.25, 0.3) is 0 Å². The molecule has 1 rings (SSSR count). The van der Waals surface area contributed by atoms with Gasteiger partial charge in [-0.25, -0.2) is 9.67 Å². The number of hydrogen-bond acceptors (Lipinski definition) is 3. The lowest BCUT2D eigenvalue weighted by molar-refractivity contribution is 0.345. The van der Waals surface area contributed by atoms with Gasteiger partial charge in [-0.3, -0.25) is 0 Å². The Balaban J connectivity index is 2.69. The highest BCUT2D eigenvalue weighted by Gasteiger charge is 2.14. The van der Waals surface area contributed by atoms with Gasteiger partial charge in [0.15, 0.2) is 0 Å². The van der Waals surface area contributed by atoms with Crippen molar-refractivity contribution in [3.8, 4) is 0 Å². The minimum absolute atomic E-state index is 0.467. The minimum Gasteiger partial charge on any atom is -0.312 e. The first-order valence-corrected chi connectivity index (χ1v) is 5.66. The second-order valence-electron chi connectivity index (χ2n) is 4.30. The van der Waals surface area contributed by atoms with Crippen molar-refractivity contribution >= 4 is 0 Å². The largest absolute Gasteiger partial charge is 0.312 e. The van der Waals surface area contributed by atoms with E-state index in [0.717, 1.165) is 24.7 Å². The molecule has 0 fully saturated rings. The van der Waals surface area contributed by atoms with Crippen molar-refractivity contribution in [2.75, 3.05) is 6.54 Å². The minimum atomic E-state index is 0.467. The summed E-state index contributed by atoms with van der Waals surface area (Å²) >= 11 is 0. The van der Waals surface area contributed by atoms with Crippen molar-refractivity contribution in [3.05, 3.63) is 11.6 Å². The molecule has 0 saturated heterocycles. The molecule has 1 heterocycles. The Morgan fingerprint density at radius 2 is 2.00 bits per heavy atom. The third-order valence-electron chi connectivity index (χ3n) is 2.60. The Kier molecular flexibility index (Phi) is 4.27. The summed E-state index contributed by atoms with van der Waals surface area (Å²) in [6.07, 6.45) is 0. The smallest absolute Gasteiger partial charge is 0.147 e. The molecule has 1 N–H and O–H groups in total. The second-order valence-corrected chi connectivity index (χ2v) is 4.30. The van der Waals surface area contributed by atoms with Crippen LogP contribution in [0.15, 0.2) is 0 Å². The van der Waals surface area contributed by atoms with Crippen LogP contribution in [0.1, 0.15) is 32.4 Å². The third-order valence-corrected chi connectivity index (χ3v) is 2.60. The van der Waals surface area contributed by atoms with Gasteiger partial charge in [0.05, 0.1) is 6.54 Å². The van der Waals surface area contributed by atoms with Gasteiger partial charge in [-0.15, -0.1) is 0 Å². The van der Waals surface area contributed by atoms with Crippen LogP contribution in [-0.4, -0.2) is 27.4 Å². The van der Waals surface area contributed by atoms with Gasteiger partial charge in [-0.2, -0.15) is 5.10 Å². The van der Waals surface area contributed by atoms with Crippen LogP contribution in [0.3, 0.4) is 0 Å². The van der Waals surface area contributed by atoms with Crippen molar-refractivity contribution < 1.29 is 0 Å². The van der Waals surface area contributed by atoms with E-state index < -0.39 is 0 Å². The molecular formula is C11H22N4. The van der Waals surface area contributed by atoms with Gasteiger partial charge in [0.2, 0.25) is 0 Å². The maximum atomic E-state index is 4.38. The molecule has 0 radical (unpaired) electrons. The SMILES string of the molecule is CCNC(Cn1nc(C)nc1C)C(C)C. The molecule has 0 aliphatic carbocycles. The predicted molar refractivity (Wildman–Crippen MR) is 61.8 cm³/mol. The zero-order valence-corrected chi connectivity index (χ0v) is 10.4. The number of rotatable bonds is 5. The molecule has 4 heteroatoms. The summed E-state index contributed by atoms with van der Waals surface area (Å²) in [5, 5.41) is 7.86. The number of nitrogens with one attached hydrogen (secondary N) is 1. The molecule has 0 saturated carbocycles. The summed E-state index contributed by atoms with van der Waals surface area (Å²) in [4.78, 5) is 4.31. The fourth-order valence-corrected chi connectivity index (χ4v) is 1.69. The standard InChI is InChI=1S/C11H22N4/c1-6-12-11(8(2)3)7-15-10(5)13-9(4)14-15/h8,11-12H,6-7H2,1-5H3. The topological polar surface area (TPSA) is 42.7 Å². The number of aromatic nitrogens is 3. The number of likely N-dealkylation sites (N-methyl/N-ethyl adjacent to an activating group) is 1. The van der Waals surface area contributed by atoms with E-state index in [0.29, 0.717) is 12.0 Å². The highest BCUT2D eigenvalue weighted by atomic mass is 15.3. The van der Waals surface area contributed by atoms with Crippen LogP contribution in [0.5, 0.6) is 0 Å².